The van der Waals surface area contributed by atoms with Crippen molar-refractivity contribution in [3.8, 4) is 0 Å². The number of rotatable bonds is 6. The summed E-state index contributed by atoms with van der Waals surface area (Å²) in [6.45, 7) is 18.0. The maximum absolute atomic E-state index is 9.25. The fourth-order valence-electron chi connectivity index (χ4n) is 3.13. The zero-order valence-corrected chi connectivity index (χ0v) is 15.5. The van der Waals surface area contributed by atoms with Crippen molar-refractivity contribution in [3.05, 3.63) is 11.6 Å². The van der Waals surface area contributed by atoms with Crippen LogP contribution in [0.2, 0.25) is 0 Å². The minimum atomic E-state index is 0.204. The number of hydrogen-bond donors (Lipinski definition) is 2. The first kappa shape index (κ1) is 20.7. The van der Waals surface area contributed by atoms with Crippen molar-refractivity contribution in [2.75, 3.05) is 13.2 Å². The molecule has 0 aliphatic heterocycles. The minimum absolute atomic E-state index is 0.204. The molecule has 0 radical (unpaired) electrons. The molecule has 21 heavy (non-hydrogen) atoms. The second-order valence-electron chi connectivity index (χ2n) is 7.90. The van der Waals surface area contributed by atoms with E-state index in [4.69, 9.17) is 5.11 Å². The standard InChI is InChI=1S/C10H20O.C9H18O/c1-7(2)9-5-10(9,6-11)8(3)4;1-7(2)5-9(6-10)8(3)4/h7-9,11H,5-6H2,1-4H3;5,7-8,10H,6H2,1-4H3/b;9-5-. The van der Waals surface area contributed by atoms with Crippen LogP contribution in [-0.2, 0) is 0 Å². The second-order valence-corrected chi connectivity index (χ2v) is 7.90. The van der Waals surface area contributed by atoms with Gasteiger partial charge in [-0.05, 0) is 47.0 Å². The molecule has 2 unspecified atom stereocenters. The molecule has 0 aromatic heterocycles. The number of aliphatic hydroxyl groups is 2. The van der Waals surface area contributed by atoms with Crippen molar-refractivity contribution in [2.24, 2.45) is 35.0 Å². The van der Waals surface area contributed by atoms with E-state index in [2.05, 4.69) is 61.5 Å². The van der Waals surface area contributed by atoms with E-state index in [9.17, 15) is 5.11 Å². The monoisotopic (exact) mass is 298 g/mol. The highest BCUT2D eigenvalue weighted by atomic mass is 16.3. The van der Waals surface area contributed by atoms with Crippen LogP contribution < -0.4 is 0 Å². The van der Waals surface area contributed by atoms with E-state index in [1.165, 1.54) is 6.42 Å². The highest BCUT2D eigenvalue weighted by Crippen LogP contribution is 2.60. The van der Waals surface area contributed by atoms with Gasteiger partial charge in [-0.15, -0.1) is 0 Å². The molecule has 1 saturated carbocycles. The van der Waals surface area contributed by atoms with E-state index in [0.717, 1.165) is 17.4 Å². The Morgan fingerprint density at radius 1 is 1.05 bits per heavy atom. The van der Waals surface area contributed by atoms with Crippen LogP contribution in [0.3, 0.4) is 0 Å². The lowest BCUT2D eigenvalue weighted by Gasteiger charge is -2.20. The summed E-state index contributed by atoms with van der Waals surface area (Å²) >= 11 is 0. The second kappa shape index (κ2) is 8.95. The molecular formula is C19H38O2. The fraction of sp³-hybridized carbons (Fsp3) is 0.895. The summed E-state index contributed by atoms with van der Waals surface area (Å²) in [5, 5.41) is 18.1. The van der Waals surface area contributed by atoms with Gasteiger partial charge in [0.05, 0.1) is 6.61 Å². The van der Waals surface area contributed by atoms with Crippen LogP contribution in [0.25, 0.3) is 0 Å². The van der Waals surface area contributed by atoms with Crippen LogP contribution in [0.4, 0.5) is 0 Å². The van der Waals surface area contributed by atoms with Crippen LogP contribution in [-0.4, -0.2) is 23.4 Å². The maximum Gasteiger partial charge on any atom is 0.0644 e. The summed E-state index contributed by atoms with van der Waals surface area (Å²) in [4.78, 5) is 0. The van der Waals surface area contributed by atoms with Gasteiger partial charge in [-0.2, -0.15) is 0 Å². The predicted molar refractivity (Wildman–Crippen MR) is 92.1 cm³/mol. The Morgan fingerprint density at radius 2 is 1.57 bits per heavy atom. The van der Waals surface area contributed by atoms with Crippen molar-refractivity contribution < 1.29 is 10.2 Å². The van der Waals surface area contributed by atoms with Gasteiger partial charge in [-0.25, -0.2) is 0 Å². The molecule has 1 rings (SSSR count). The molecule has 1 aliphatic carbocycles. The molecule has 1 aliphatic rings. The van der Waals surface area contributed by atoms with E-state index in [0.29, 0.717) is 24.4 Å². The molecule has 0 aromatic carbocycles. The average Bonchev–Trinajstić information content (AvgIpc) is 3.12. The third-order valence-electron chi connectivity index (χ3n) is 4.90. The highest BCUT2D eigenvalue weighted by molar-refractivity contribution is 5.06. The van der Waals surface area contributed by atoms with Gasteiger partial charge in [0.1, 0.15) is 0 Å². The summed E-state index contributed by atoms with van der Waals surface area (Å²) in [7, 11) is 0. The summed E-state index contributed by atoms with van der Waals surface area (Å²) in [5.41, 5.74) is 1.43. The van der Waals surface area contributed by atoms with E-state index in [1.807, 2.05) is 0 Å². The summed E-state index contributed by atoms with van der Waals surface area (Å²) in [6, 6.07) is 0. The van der Waals surface area contributed by atoms with Crippen molar-refractivity contribution in [3.63, 3.8) is 0 Å². The Bertz CT molecular complexity index is 316. The summed E-state index contributed by atoms with van der Waals surface area (Å²) in [6.07, 6.45) is 3.36. The van der Waals surface area contributed by atoms with Gasteiger partial charge in [0.15, 0.2) is 0 Å². The molecule has 2 nitrogen and oxygen atoms in total. The van der Waals surface area contributed by atoms with Crippen LogP contribution in [0.1, 0.15) is 61.8 Å². The minimum Gasteiger partial charge on any atom is -0.396 e. The van der Waals surface area contributed by atoms with Gasteiger partial charge in [0, 0.05) is 6.61 Å². The summed E-state index contributed by atoms with van der Waals surface area (Å²) < 4.78 is 0. The van der Waals surface area contributed by atoms with Gasteiger partial charge in [0.2, 0.25) is 0 Å². The number of allylic oxidation sites excluding steroid dienone is 1. The first-order valence-corrected chi connectivity index (χ1v) is 8.54. The topological polar surface area (TPSA) is 40.5 Å². The van der Waals surface area contributed by atoms with Crippen LogP contribution in [0.15, 0.2) is 11.6 Å². The first-order chi connectivity index (χ1) is 9.62. The molecule has 0 heterocycles. The molecule has 0 spiro atoms. The van der Waals surface area contributed by atoms with Gasteiger partial charge < -0.3 is 10.2 Å². The van der Waals surface area contributed by atoms with Crippen LogP contribution in [0.5, 0.6) is 0 Å². The zero-order chi connectivity index (χ0) is 16.8. The highest BCUT2D eigenvalue weighted by Gasteiger charge is 2.56. The van der Waals surface area contributed by atoms with Crippen LogP contribution in [0, 0.1) is 35.0 Å². The SMILES string of the molecule is CC(C)/C=C(/CO)C(C)C.CC(C)C1CC1(CO)C(C)C. The number of hydrogen-bond acceptors (Lipinski definition) is 2. The van der Waals surface area contributed by atoms with Gasteiger partial charge in [-0.1, -0.05) is 61.5 Å². The van der Waals surface area contributed by atoms with Gasteiger partial charge in [-0.3, -0.25) is 0 Å². The molecule has 1 fully saturated rings. The smallest absolute Gasteiger partial charge is 0.0644 e. The third-order valence-corrected chi connectivity index (χ3v) is 4.90. The molecule has 2 N–H and O–H groups in total. The Balaban J connectivity index is 0.000000384. The van der Waals surface area contributed by atoms with Crippen LogP contribution >= 0.6 is 0 Å². The summed E-state index contributed by atoms with van der Waals surface area (Å²) in [5.74, 6) is 3.17. The lowest BCUT2D eigenvalue weighted by Crippen LogP contribution is -2.19. The Kier molecular flexibility index (Phi) is 8.80. The van der Waals surface area contributed by atoms with E-state index in [1.54, 1.807) is 0 Å². The lowest BCUT2D eigenvalue weighted by molar-refractivity contribution is 0.147. The molecule has 0 aromatic rings. The molecule has 2 heteroatoms. The third kappa shape index (κ3) is 6.12. The lowest BCUT2D eigenvalue weighted by atomic mass is 9.87. The van der Waals surface area contributed by atoms with Crippen molar-refractivity contribution >= 4 is 0 Å². The Hall–Kier alpha value is -0.340. The Morgan fingerprint density at radius 3 is 1.67 bits per heavy atom. The predicted octanol–water partition coefficient (Wildman–Crippen LogP) is 4.51. The Labute approximate surface area is 132 Å². The van der Waals surface area contributed by atoms with Crippen molar-refractivity contribution in [2.45, 2.75) is 61.8 Å². The van der Waals surface area contributed by atoms with Crippen molar-refractivity contribution in [1.82, 2.24) is 0 Å². The normalized spacial score (nSPS) is 25.6. The molecule has 0 amide bonds. The molecule has 126 valence electrons. The van der Waals surface area contributed by atoms with Crippen molar-refractivity contribution in [1.29, 1.82) is 0 Å². The quantitative estimate of drug-likeness (QED) is 0.708. The first-order valence-electron chi connectivity index (χ1n) is 8.54. The van der Waals surface area contributed by atoms with Gasteiger partial charge >= 0.3 is 0 Å². The largest absolute Gasteiger partial charge is 0.396 e. The molecule has 2 atom stereocenters. The van der Waals surface area contributed by atoms with E-state index >= 15 is 0 Å². The molecule has 0 saturated heterocycles. The van der Waals surface area contributed by atoms with E-state index < -0.39 is 0 Å². The zero-order valence-electron chi connectivity index (χ0n) is 15.5. The number of aliphatic hydroxyl groups excluding tert-OH is 2. The average molecular weight is 299 g/mol. The maximum atomic E-state index is 9.25. The molecular weight excluding hydrogens is 260 g/mol. The van der Waals surface area contributed by atoms with Gasteiger partial charge in [0.25, 0.3) is 0 Å². The van der Waals surface area contributed by atoms with E-state index in [-0.39, 0.29) is 12.0 Å². The fourth-order valence-corrected chi connectivity index (χ4v) is 3.13. The molecule has 0 bridgehead atoms.